The minimum Gasteiger partial charge on any atom is -0.543 e. The number of nitrogens with zero attached hydrogens (tertiary/aromatic N) is 4. The average Bonchev–Trinajstić information content (AvgIpc) is 3.11. The molecule has 0 atom stereocenters. The summed E-state index contributed by atoms with van der Waals surface area (Å²) in [5.41, 5.74) is 0. The molecule has 0 amide bonds. The average molecular weight is 697 g/mol. The van der Waals surface area contributed by atoms with Crippen molar-refractivity contribution in [3.8, 4) is 0 Å². The molecule has 0 aromatic carbocycles. The highest BCUT2D eigenvalue weighted by molar-refractivity contribution is 6.25. The molecule has 0 N–H and O–H groups in total. The van der Waals surface area contributed by atoms with Crippen molar-refractivity contribution >= 4 is 23.9 Å². The van der Waals surface area contributed by atoms with Crippen LogP contribution in [0.25, 0.3) is 0 Å². The molecule has 0 spiro atoms. The van der Waals surface area contributed by atoms with Crippen LogP contribution in [-0.4, -0.2) is 147 Å². The van der Waals surface area contributed by atoms with Crippen LogP contribution in [0.3, 0.4) is 0 Å². The van der Waals surface area contributed by atoms with Crippen LogP contribution in [0.4, 0.5) is 0 Å². The van der Waals surface area contributed by atoms with E-state index >= 15 is 0 Å². The number of carboxylic acids is 4. The van der Waals surface area contributed by atoms with E-state index in [1.807, 2.05) is 0 Å². The van der Waals surface area contributed by atoms with Gasteiger partial charge < -0.3 is 57.5 Å². The summed E-state index contributed by atoms with van der Waals surface area (Å²) >= 11 is 0. The fourth-order valence-corrected chi connectivity index (χ4v) is 5.37. The largest absolute Gasteiger partial charge is 0.543 e. The van der Waals surface area contributed by atoms with Gasteiger partial charge in [-0.3, -0.25) is 0 Å². The Morgan fingerprint density at radius 2 is 0.312 bits per heavy atom. The molecule has 0 aliphatic carbocycles. The maximum absolute atomic E-state index is 8.93. The van der Waals surface area contributed by atoms with Gasteiger partial charge in [0.25, 0.3) is 0 Å². The summed E-state index contributed by atoms with van der Waals surface area (Å²) in [5, 5.41) is 35.7. The van der Waals surface area contributed by atoms with Crippen molar-refractivity contribution in [1.29, 1.82) is 0 Å². The molecule has 292 valence electrons. The van der Waals surface area contributed by atoms with Crippen molar-refractivity contribution < 1.29 is 57.5 Å². The first-order chi connectivity index (χ1) is 22.3. The van der Waals surface area contributed by atoms with Crippen molar-refractivity contribution in [1.82, 2.24) is 0 Å². The lowest BCUT2D eigenvalue weighted by molar-refractivity contribution is -0.921. The first-order valence-electron chi connectivity index (χ1n) is 18.5. The number of rotatable bonds is 16. The molecule has 0 aromatic heterocycles. The van der Waals surface area contributed by atoms with Gasteiger partial charge in [0.05, 0.1) is 129 Å². The molecule has 0 radical (unpaired) electrons. The second-order valence-electron chi connectivity index (χ2n) is 11.6. The molecule has 0 aliphatic heterocycles. The summed E-state index contributed by atoms with van der Waals surface area (Å²) < 4.78 is 5.11. The Labute approximate surface area is 296 Å². The lowest BCUT2D eigenvalue weighted by Crippen LogP contribution is -2.47. The Kier molecular flexibility index (Phi) is 41.7. The van der Waals surface area contributed by atoms with E-state index in [-0.39, 0.29) is 0 Å². The van der Waals surface area contributed by atoms with Crippen LogP contribution in [0.1, 0.15) is 111 Å². The summed E-state index contributed by atoms with van der Waals surface area (Å²) in [7, 11) is 0. The quantitative estimate of drug-likeness (QED) is 0.167. The van der Waals surface area contributed by atoms with Crippen molar-refractivity contribution in [2.75, 3.05) is 105 Å². The highest BCUT2D eigenvalue weighted by atomic mass is 16.4. The highest BCUT2D eigenvalue weighted by Crippen LogP contribution is 2.05. The van der Waals surface area contributed by atoms with E-state index in [0.29, 0.717) is 0 Å². The fraction of sp³-hybridized carbons (Fsp3) is 0.889. The topological polar surface area (TPSA) is 161 Å². The summed E-state index contributed by atoms with van der Waals surface area (Å²) in [6, 6.07) is 0. The molecule has 0 bridgehead atoms. The maximum atomic E-state index is 8.93. The highest BCUT2D eigenvalue weighted by Gasteiger charge is 2.18. The van der Waals surface area contributed by atoms with E-state index < -0.39 is 23.9 Å². The molecule has 0 rings (SSSR count). The van der Waals surface area contributed by atoms with Crippen molar-refractivity contribution in [3.63, 3.8) is 0 Å². The zero-order valence-corrected chi connectivity index (χ0v) is 34.4. The molecule has 0 aliphatic rings. The number of quaternary nitrogens is 4. The number of hydrogen-bond donors (Lipinski definition) is 0. The van der Waals surface area contributed by atoms with Gasteiger partial charge in [0.2, 0.25) is 0 Å². The Bertz CT molecular complexity index is 580. The van der Waals surface area contributed by atoms with Crippen LogP contribution in [0, 0.1) is 0 Å². The second-order valence-corrected chi connectivity index (χ2v) is 11.6. The molecule has 0 saturated carbocycles. The lowest BCUT2D eigenvalue weighted by Gasteiger charge is -2.34. The summed E-state index contributed by atoms with van der Waals surface area (Å²) in [6.07, 6.45) is 0. The van der Waals surface area contributed by atoms with Gasteiger partial charge in [-0.2, -0.15) is 0 Å². The van der Waals surface area contributed by atoms with Crippen LogP contribution in [0.2, 0.25) is 0 Å². The zero-order valence-electron chi connectivity index (χ0n) is 34.4. The van der Waals surface area contributed by atoms with Gasteiger partial charge in [0, 0.05) is 0 Å². The first kappa shape index (κ1) is 58.0. The normalized spacial score (nSPS) is 10.8. The number of carbonyl (C=O) groups is 4. The Hall–Kier alpha value is -2.28. The zero-order chi connectivity index (χ0) is 39.6. The molecule has 12 heteroatoms. The monoisotopic (exact) mass is 697 g/mol. The minimum absolute atomic E-state index is 1.28. The van der Waals surface area contributed by atoms with Gasteiger partial charge in [-0.1, -0.05) is 0 Å². The molecule has 48 heavy (non-hydrogen) atoms. The van der Waals surface area contributed by atoms with Crippen LogP contribution in [-0.2, 0) is 19.2 Å². The van der Waals surface area contributed by atoms with Gasteiger partial charge in [0.1, 0.15) is 0 Å². The van der Waals surface area contributed by atoms with Gasteiger partial charge in [0.15, 0.2) is 0 Å². The molecular formula is C36H80N4O8. The third kappa shape index (κ3) is 27.6. The van der Waals surface area contributed by atoms with E-state index in [9.17, 15) is 0 Å². The minimum atomic E-state index is -2.19. The van der Waals surface area contributed by atoms with Crippen LogP contribution in [0.5, 0.6) is 0 Å². The molecule has 0 unspecified atom stereocenters. The first-order valence-corrected chi connectivity index (χ1v) is 18.5. The third-order valence-corrected chi connectivity index (χ3v) is 11.1. The molecule has 0 fully saturated rings. The predicted octanol–water partition coefficient (Wildman–Crippen LogP) is 0.504. The summed E-state index contributed by atoms with van der Waals surface area (Å²) in [5.74, 6) is -8.74. The standard InChI is InChI=1S/4C8H20N.2C2H2O4/c4*1-5-9(6-2,7-3)8-4;2*3-1(4)2(5)6/h4*5-8H2,1-4H3;2*(H,3,4)(H,5,6)/q4*+1;;/p-4. The summed E-state index contributed by atoms with van der Waals surface area (Å²) in [6.45, 7) is 56.9. The van der Waals surface area contributed by atoms with Crippen molar-refractivity contribution in [2.24, 2.45) is 0 Å². The molecular weight excluding hydrogens is 616 g/mol. The maximum Gasteiger partial charge on any atom is 0.0870 e. The molecule has 0 aromatic rings. The Morgan fingerprint density at radius 1 is 0.250 bits per heavy atom. The molecule has 0 heterocycles. The number of aliphatic carboxylic acids is 4. The van der Waals surface area contributed by atoms with Gasteiger partial charge in [-0.05, 0) is 111 Å². The van der Waals surface area contributed by atoms with Crippen LogP contribution in [0.15, 0.2) is 0 Å². The van der Waals surface area contributed by atoms with Crippen LogP contribution >= 0.6 is 0 Å². The number of carbonyl (C=O) groups excluding carboxylic acids is 4. The van der Waals surface area contributed by atoms with Crippen molar-refractivity contribution in [3.05, 3.63) is 0 Å². The van der Waals surface area contributed by atoms with Crippen LogP contribution < -0.4 is 20.4 Å². The predicted molar refractivity (Wildman–Crippen MR) is 190 cm³/mol. The molecule has 12 nitrogen and oxygen atoms in total. The van der Waals surface area contributed by atoms with E-state index in [1.165, 1.54) is 123 Å². The summed E-state index contributed by atoms with van der Waals surface area (Å²) in [4.78, 5) is 35.7. The number of carboxylic acid groups (broad SMARTS) is 4. The second kappa shape index (κ2) is 34.6. The smallest absolute Gasteiger partial charge is 0.0870 e. The Balaban J connectivity index is -0.000000111. The van der Waals surface area contributed by atoms with E-state index in [0.717, 1.165) is 0 Å². The third-order valence-electron chi connectivity index (χ3n) is 11.1. The van der Waals surface area contributed by atoms with Gasteiger partial charge in [-0.15, -0.1) is 0 Å². The SMILES string of the molecule is CC[N+](CC)(CC)CC.CC[N+](CC)(CC)CC.CC[N+](CC)(CC)CC.CC[N+](CC)(CC)CC.O=C([O-])C(=O)[O-].O=C([O-])C(=O)[O-]. The fourth-order valence-electron chi connectivity index (χ4n) is 5.37. The Morgan fingerprint density at radius 3 is 0.312 bits per heavy atom. The van der Waals surface area contributed by atoms with E-state index in [4.69, 9.17) is 39.6 Å². The van der Waals surface area contributed by atoms with Gasteiger partial charge >= 0.3 is 0 Å². The van der Waals surface area contributed by atoms with Gasteiger partial charge in [-0.25, -0.2) is 0 Å². The molecule has 0 saturated heterocycles. The lowest BCUT2D eigenvalue weighted by atomic mass is 10.3. The van der Waals surface area contributed by atoms with E-state index in [1.54, 1.807) is 0 Å². The number of hydrogen-bond acceptors (Lipinski definition) is 8. The van der Waals surface area contributed by atoms with Crippen molar-refractivity contribution in [2.45, 2.75) is 111 Å². The van der Waals surface area contributed by atoms with E-state index in [2.05, 4.69) is 111 Å².